The molecule has 0 aliphatic rings. The molecule has 39 heavy (non-hydrogen) atoms. The number of carbonyl (C=O) groups is 1. The predicted octanol–water partition coefficient (Wildman–Crippen LogP) is 7.74. The molecule has 0 saturated carbocycles. The molecular formula is C30H20F3N3O2S. The van der Waals surface area contributed by atoms with Crippen LogP contribution in [-0.2, 0) is 6.54 Å². The van der Waals surface area contributed by atoms with Crippen molar-refractivity contribution in [3.8, 4) is 22.6 Å². The van der Waals surface area contributed by atoms with E-state index < -0.39 is 6.36 Å². The van der Waals surface area contributed by atoms with Gasteiger partial charge in [0.05, 0.1) is 12.5 Å². The Bertz CT molecular complexity index is 1810. The van der Waals surface area contributed by atoms with Gasteiger partial charge in [-0.05, 0) is 47.0 Å². The van der Waals surface area contributed by atoms with Crippen molar-refractivity contribution < 1.29 is 22.7 Å². The van der Waals surface area contributed by atoms with Crippen molar-refractivity contribution >= 4 is 37.4 Å². The highest BCUT2D eigenvalue weighted by atomic mass is 32.1. The van der Waals surface area contributed by atoms with Gasteiger partial charge in [0.1, 0.15) is 11.4 Å². The number of halogens is 3. The zero-order valence-electron chi connectivity index (χ0n) is 20.3. The normalized spacial score (nSPS) is 11.7. The lowest BCUT2D eigenvalue weighted by Crippen LogP contribution is -2.25. The zero-order valence-corrected chi connectivity index (χ0v) is 21.1. The van der Waals surface area contributed by atoms with E-state index >= 15 is 0 Å². The van der Waals surface area contributed by atoms with Gasteiger partial charge in [-0.2, -0.15) is 0 Å². The van der Waals surface area contributed by atoms with Crippen molar-refractivity contribution in [2.45, 2.75) is 12.9 Å². The molecule has 0 radical (unpaired) electrons. The fraction of sp³-hybridized carbons (Fsp3) is 0.0667. The van der Waals surface area contributed by atoms with Crippen molar-refractivity contribution in [3.05, 3.63) is 115 Å². The first-order chi connectivity index (χ1) is 18.9. The highest BCUT2D eigenvalue weighted by molar-refractivity contribution is 7.26. The molecule has 0 saturated heterocycles. The topological polar surface area (TPSA) is 56.1 Å². The molecule has 4 aromatic carbocycles. The Morgan fingerprint density at radius 1 is 0.923 bits per heavy atom. The lowest BCUT2D eigenvalue weighted by Gasteiger charge is -2.12. The maximum absolute atomic E-state index is 13.0. The summed E-state index contributed by atoms with van der Waals surface area (Å²) in [5.74, 6) is -0.679. The minimum atomic E-state index is -4.75. The fourth-order valence-electron chi connectivity index (χ4n) is 4.55. The van der Waals surface area contributed by atoms with Crippen LogP contribution in [-0.4, -0.2) is 21.8 Å². The number of fused-ring (bicyclic) bond motifs is 3. The standard InChI is InChI=1S/C30H20F3N3O2S/c31-30(32,33)38-22-13-11-19(12-14-22)16-35-29(37)26-17-34-18-36(26)21-6-3-5-20(15-21)23-8-4-9-25-24-7-1-2-10-27(24)39-28(23)25/h1-15,17-18H,16H2,(H,35,37). The van der Waals surface area contributed by atoms with Crippen molar-refractivity contribution in [1.29, 1.82) is 0 Å². The molecule has 0 aliphatic heterocycles. The predicted molar refractivity (Wildman–Crippen MR) is 146 cm³/mol. The number of rotatable bonds is 6. The van der Waals surface area contributed by atoms with Crippen LogP contribution < -0.4 is 10.1 Å². The van der Waals surface area contributed by atoms with Crippen LogP contribution in [0.2, 0.25) is 0 Å². The largest absolute Gasteiger partial charge is 0.573 e. The molecule has 2 heterocycles. The smallest absolute Gasteiger partial charge is 0.406 e. The van der Waals surface area contributed by atoms with Crippen LogP contribution in [0.25, 0.3) is 37.0 Å². The monoisotopic (exact) mass is 543 g/mol. The van der Waals surface area contributed by atoms with Crippen LogP contribution >= 0.6 is 11.3 Å². The van der Waals surface area contributed by atoms with Crippen LogP contribution in [0.15, 0.2) is 104 Å². The Kier molecular flexibility index (Phi) is 6.28. The summed E-state index contributed by atoms with van der Waals surface area (Å²) in [5.41, 5.74) is 3.87. The van der Waals surface area contributed by atoms with E-state index in [1.165, 1.54) is 50.6 Å². The first-order valence-corrected chi connectivity index (χ1v) is 12.8. The van der Waals surface area contributed by atoms with Gasteiger partial charge >= 0.3 is 6.36 Å². The molecule has 0 aliphatic carbocycles. The third-order valence-corrected chi connectivity index (χ3v) is 7.54. The molecule has 5 nitrogen and oxygen atoms in total. The van der Waals surface area contributed by atoms with E-state index in [1.807, 2.05) is 36.4 Å². The lowest BCUT2D eigenvalue weighted by molar-refractivity contribution is -0.274. The second-order valence-corrected chi connectivity index (χ2v) is 9.91. The summed E-state index contributed by atoms with van der Waals surface area (Å²) in [6.07, 6.45) is -1.69. The summed E-state index contributed by atoms with van der Waals surface area (Å²) in [6.45, 7) is 0.129. The van der Waals surface area contributed by atoms with Crippen LogP contribution in [0.5, 0.6) is 5.75 Å². The molecule has 0 unspecified atom stereocenters. The van der Waals surface area contributed by atoms with Crippen molar-refractivity contribution in [2.24, 2.45) is 0 Å². The highest BCUT2D eigenvalue weighted by Gasteiger charge is 2.31. The van der Waals surface area contributed by atoms with Crippen molar-refractivity contribution in [3.63, 3.8) is 0 Å². The SMILES string of the molecule is O=C(NCc1ccc(OC(F)(F)F)cc1)c1cncn1-c1cccc(-c2cccc3c2sc2ccccc23)c1. The summed E-state index contributed by atoms with van der Waals surface area (Å²) in [7, 11) is 0. The van der Waals surface area contributed by atoms with Gasteiger partial charge in [0.2, 0.25) is 0 Å². The summed E-state index contributed by atoms with van der Waals surface area (Å²) < 4.78 is 45.2. The van der Waals surface area contributed by atoms with E-state index in [2.05, 4.69) is 45.4 Å². The molecular weight excluding hydrogens is 523 g/mol. The highest BCUT2D eigenvalue weighted by Crippen LogP contribution is 2.40. The molecule has 0 spiro atoms. The Balaban J connectivity index is 1.24. The first kappa shape index (κ1) is 24.7. The molecule has 0 atom stereocenters. The molecule has 1 N–H and O–H groups in total. The van der Waals surface area contributed by atoms with Gasteiger partial charge < -0.3 is 10.1 Å². The quantitative estimate of drug-likeness (QED) is 0.234. The van der Waals surface area contributed by atoms with E-state index in [0.29, 0.717) is 11.3 Å². The number of nitrogens with one attached hydrogen (secondary N) is 1. The van der Waals surface area contributed by atoms with Gasteiger partial charge in [0.15, 0.2) is 0 Å². The zero-order chi connectivity index (χ0) is 27.0. The summed E-state index contributed by atoms with van der Waals surface area (Å²) in [6, 6.07) is 27.9. The summed E-state index contributed by atoms with van der Waals surface area (Å²) in [5, 5.41) is 5.24. The number of aromatic nitrogens is 2. The second-order valence-electron chi connectivity index (χ2n) is 8.85. The van der Waals surface area contributed by atoms with Gasteiger partial charge in [-0.25, -0.2) is 4.98 Å². The van der Waals surface area contributed by atoms with Gasteiger partial charge in [-0.1, -0.05) is 60.7 Å². The number of ether oxygens (including phenoxy) is 1. The molecule has 2 aromatic heterocycles. The molecule has 9 heteroatoms. The Hall–Kier alpha value is -4.63. The minimum Gasteiger partial charge on any atom is -0.406 e. The van der Waals surface area contributed by atoms with Crippen LogP contribution in [0.3, 0.4) is 0 Å². The Morgan fingerprint density at radius 3 is 2.51 bits per heavy atom. The number of nitrogens with zero attached hydrogens (tertiary/aromatic N) is 2. The summed E-state index contributed by atoms with van der Waals surface area (Å²) >= 11 is 1.76. The number of carbonyl (C=O) groups excluding carboxylic acids is 1. The molecule has 0 bridgehead atoms. The lowest BCUT2D eigenvalue weighted by atomic mass is 10.0. The molecule has 1 amide bonds. The van der Waals surface area contributed by atoms with Crippen LogP contribution in [0.4, 0.5) is 13.2 Å². The van der Waals surface area contributed by atoms with Crippen molar-refractivity contribution in [1.82, 2.24) is 14.9 Å². The van der Waals surface area contributed by atoms with E-state index in [9.17, 15) is 18.0 Å². The maximum Gasteiger partial charge on any atom is 0.573 e. The number of hydrogen-bond acceptors (Lipinski definition) is 4. The third-order valence-electron chi connectivity index (χ3n) is 6.32. The molecule has 6 aromatic rings. The van der Waals surface area contributed by atoms with Crippen LogP contribution in [0, 0.1) is 0 Å². The molecule has 194 valence electrons. The van der Waals surface area contributed by atoms with Gasteiger partial charge in [-0.3, -0.25) is 9.36 Å². The van der Waals surface area contributed by atoms with E-state index in [-0.39, 0.29) is 18.2 Å². The maximum atomic E-state index is 13.0. The number of alkyl halides is 3. The van der Waals surface area contributed by atoms with E-state index in [0.717, 1.165) is 16.8 Å². The number of benzene rings is 4. The number of hydrogen-bond donors (Lipinski definition) is 1. The fourth-order valence-corrected chi connectivity index (χ4v) is 5.79. The number of amides is 1. The van der Waals surface area contributed by atoms with Crippen LogP contribution in [0.1, 0.15) is 16.1 Å². The Morgan fingerprint density at radius 2 is 1.69 bits per heavy atom. The molecule has 0 fully saturated rings. The first-order valence-electron chi connectivity index (χ1n) is 12.0. The van der Waals surface area contributed by atoms with E-state index in [1.54, 1.807) is 22.2 Å². The second kappa shape index (κ2) is 9.92. The number of imidazole rings is 1. The Labute approximate surface area is 225 Å². The van der Waals surface area contributed by atoms with Gasteiger partial charge in [0.25, 0.3) is 5.91 Å². The van der Waals surface area contributed by atoms with Gasteiger partial charge in [-0.15, -0.1) is 24.5 Å². The van der Waals surface area contributed by atoms with E-state index in [4.69, 9.17) is 0 Å². The number of thiophene rings is 1. The van der Waals surface area contributed by atoms with Gasteiger partial charge in [0, 0.05) is 32.4 Å². The average Bonchev–Trinajstić information content (AvgIpc) is 3.57. The summed E-state index contributed by atoms with van der Waals surface area (Å²) in [4.78, 5) is 17.2. The third kappa shape index (κ3) is 5.08. The molecule has 6 rings (SSSR count). The minimum absolute atomic E-state index is 0.129. The average molecular weight is 544 g/mol. The van der Waals surface area contributed by atoms with Crippen molar-refractivity contribution in [2.75, 3.05) is 0 Å².